The molecule has 0 spiro atoms. The Morgan fingerprint density at radius 2 is 1.96 bits per heavy atom. The first-order chi connectivity index (χ1) is 13.1. The lowest BCUT2D eigenvalue weighted by Gasteiger charge is -2.08. The van der Waals surface area contributed by atoms with Gasteiger partial charge in [0.1, 0.15) is 12.3 Å². The molecule has 2 aromatic carbocycles. The van der Waals surface area contributed by atoms with Crippen LogP contribution in [0.15, 0.2) is 47.5 Å². The molecule has 0 saturated heterocycles. The Hall–Kier alpha value is -2.31. The van der Waals surface area contributed by atoms with E-state index in [0.717, 1.165) is 45.8 Å². The van der Waals surface area contributed by atoms with Crippen LogP contribution in [0.1, 0.15) is 25.3 Å². The number of carbonyl (C=O) groups is 1. The van der Waals surface area contributed by atoms with Crippen LogP contribution in [0, 0.1) is 6.92 Å². The van der Waals surface area contributed by atoms with E-state index < -0.39 is 0 Å². The number of aromatic nitrogens is 1. The standard InChI is InChI=1S/C21H25N3O2S.ClH/c1-4-5-12-22-21-24(18-11-6-15(2)13-19(18)27-21)14-20(25)23-16-7-9-17(26-3)10-8-16;/h6-11,13H,4-5,12,14H2,1-3H3,(H,23,25);1H/p-1. The minimum Gasteiger partial charge on any atom is -1.00 e. The van der Waals surface area contributed by atoms with E-state index in [1.807, 2.05) is 28.8 Å². The molecule has 1 N–H and O–H groups in total. The predicted molar refractivity (Wildman–Crippen MR) is 112 cm³/mol. The van der Waals surface area contributed by atoms with Crippen LogP contribution in [-0.2, 0) is 11.3 Å². The van der Waals surface area contributed by atoms with E-state index in [1.54, 1.807) is 18.4 Å². The molecule has 3 aromatic rings. The summed E-state index contributed by atoms with van der Waals surface area (Å²) in [6, 6.07) is 13.6. The van der Waals surface area contributed by atoms with Gasteiger partial charge in [0.2, 0.25) is 5.91 Å². The number of aryl methyl sites for hydroxylation is 1. The van der Waals surface area contributed by atoms with Gasteiger partial charge in [-0.2, -0.15) is 0 Å². The average Bonchev–Trinajstić information content (AvgIpc) is 2.99. The lowest BCUT2D eigenvalue weighted by atomic mass is 10.2. The Labute approximate surface area is 175 Å². The number of nitrogens with zero attached hydrogens (tertiary/aromatic N) is 2. The zero-order chi connectivity index (χ0) is 19.2. The fourth-order valence-corrected chi connectivity index (χ4v) is 3.96. The van der Waals surface area contributed by atoms with E-state index in [-0.39, 0.29) is 24.9 Å². The van der Waals surface area contributed by atoms with E-state index in [0.29, 0.717) is 0 Å². The smallest absolute Gasteiger partial charge is 0.244 e. The van der Waals surface area contributed by atoms with Gasteiger partial charge in [-0.15, -0.1) is 0 Å². The number of methoxy groups -OCH3 is 1. The van der Waals surface area contributed by atoms with Crippen molar-refractivity contribution in [1.82, 2.24) is 4.57 Å². The van der Waals surface area contributed by atoms with Gasteiger partial charge in [0.05, 0.1) is 17.3 Å². The fourth-order valence-electron chi connectivity index (χ4n) is 2.80. The number of ether oxygens (including phenoxy) is 1. The number of fused-ring (bicyclic) bond motifs is 1. The van der Waals surface area contributed by atoms with Crippen molar-refractivity contribution in [2.75, 3.05) is 19.0 Å². The summed E-state index contributed by atoms with van der Waals surface area (Å²) in [6.07, 6.45) is 2.15. The minimum absolute atomic E-state index is 0. The van der Waals surface area contributed by atoms with Crippen LogP contribution in [0.4, 0.5) is 5.69 Å². The maximum absolute atomic E-state index is 12.6. The molecule has 0 aliphatic heterocycles. The summed E-state index contributed by atoms with van der Waals surface area (Å²) in [7, 11) is 1.62. The van der Waals surface area contributed by atoms with Crippen molar-refractivity contribution in [2.24, 2.45) is 4.99 Å². The first kappa shape index (κ1) is 22.0. The van der Waals surface area contributed by atoms with Crippen molar-refractivity contribution >= 4 is 33.1 Å². The number of hydrogen-bond donors (Lipinski definition) is 1. The second-order valence-corrected chi connectivity index (χ2v) is 7.46. The first-order valence-electron chi connectivity index (χ1n) is 9.15. The molecule has 3 rings (SSSR count). The lowest BCUT2D eigenvalue weighted by molar-refractivity contribution is -0.116. The Bertz CT molecular complexity index is 993. The van der Waals surface area contributed by atoms with Gasteiger partial charge in [0.25, 0.3) is 0 Å². The van der Waals surface area contributed by atoms with Crippen LogP contribution in [0.3, 0.4) is 0 Å². The largest absolute Gasteiger partial charge is 1.00 e. The Morgan fingerprint density at radius 3 is 2.64 bits per heavy atom. The molecule has 5 nitrogen and oxygen atoms in total. The van der Waals surface area contributed by atoms with Crippen molar-refractivity contribution in [2.45, 2.75) is 33.2 Å². The Balaban J connectivity index is 0.00000280. The molecule has 0 atom stereocenters. The zero-order valence-electron chi connectivity index (χ0n) is 16.4. The number of hydrogen-bond acceptors (Lipinski definition) is 4. The highest BCUT2D eigenvalue weighted by Gasteiger charge is 2.11. The van der Waals surface area contributed by atoms with E-state index in [2.05, 4.69) is 37.4 Å². The van der Waals surface area contributed by atoms with E-state index in [9.17, 15) is 4.79 Å². The molecular weight excluding hydrogens is 394 g/mol. The highest BCUT2D eigenvalue weighted by molar-refractivity contribution is 7.16. The minimum atomic E-state index is -0.0719. The molecule has 28 heavy (non-hydrogen) atoms. The second-order valence-electron chi connectivity index (χ2n) is 6.45. The van der Waals surface area contributed by atoms with Crippen molar-refractivity contribution in [1.29, 1.82) is 0 Å². The quantitative estimate of drug-likeness (QED) is 0.589. The van der Waals surface area contributed by atoms with Gasteiger partial charge in [-0.3, -0.25) is 9.79 Å². The molecule has 1 heterocycles. The summed E-state index contributed by atoms with van der Waals surface area (Å²) in [6.45, 7) is 5.25. The highest BCUT2D eigenvalue weighted by Crippen LogP contribution is 2.20. The fraction of sp³-hybridized carbons (Fsp3) is 0.333. The van der Waals surface area contributed by atoms with Crippen LogP contribution in [0.5, 0.6) is 5.75 Å². The Morgan fingerprint density at radius 1 is 1.21 bits per heavy atom. The number of amides is 1. The molecule has 150 valence electrons. The Kier molecular flexibility index (Phi) is 8.08. The van der Waals surface area contributed by atoms with E-state index in [4.69, 9.17) is 9.73 Å². The lowest BCUT2D eigenvalue weighted by Crippen LogP contribution is -3.00. The first-order valence-corrected chi connectivity index (χ1v) is 9.96. The number of halogens is 1. The number of carbonyl (C=O) groups excluding carboxylic acids is 1. The zero-order valence-corrected chi connectivity index (χ0v) is 17.9. The molecular formula is C21H25ClN3O2S-. The maximum atomic E-state index is 12.6. The molecule has 0 unspecified atom stereocenters. The number of benzene rings is 2. The number of rotatable bonds is 7. The van der Waals surface area contributed by atoms with Crippen molar-refractivity contribution < 1.29 is 21.9 Å². The van der Waals surface area contributed by atoms with Gasteiger partial charge in [-0.1, -0.05) is 30.7 Å². The topological polar surface area (TPSA) is 55.6 Å². The van der Waals surface area contributed by atoms with Gasteiger partial charge in [0, 0.05) is 12.2 Å². The third-order valence-electron chi connectivity index (χ3n) is 4.27. The number of anilines is 1. The number of thiazole rings is 1. The van der Waals surface area contributed by atoms with Gasteiger partial charge >= 0.3 is 0 Å². The van der Waals surface area contributed by atoms with Crippen molar-refractivity contribution in [3.8, 4) is 5.75 Å². The average molecular weight is 419 g/mol. The van der Waals surface area contributed by atoms with Crippen LogP contribution >= 0.6 is 11.3 Å². The molecule has 0 saturated carbocycles. The summed E-state index contributed by atoms with van der Waals surface area (Å²) < 4.78 is 8.31. The summed E-state index contributed by atoms with van der Waals surface area (Å²) in [5.41, 5.74) is 3.01. The molecule has 1 aromatic heterocycles. The summed E-state index contributed by atoms with van der Waals surface area (Å²) >= 11 is 1.64. The molecule has 0 bridgehead atoms. The normalized spacial score (nSPS) is 11.3. The molecule has 0 aliphatic rings. The van der Waals surface area contributed by atoms with Gasteiger partial charge < -0.3 is 27.0 Å². The summed E-state index contributed by atoms with van der Waals surface area (Å²) in [5, 5.41) is 2.95. The number of nitrogens with one attached hydrogen (secondary N) is 1. The van der Waals surface area contributed by atoms with Crippen LogP contribution in [-0.4, -0.2) is 24.1 Å². The molecule has 7 heteroatoms. The molecule has 1 amide bonds. The second kappa shape index (κ2) is 10.3. The number of unbranched alkanes of at least 4 members (excludes halogenated alkanes) is 1. The highest BCUT2D eigenvalue weighted by atomic mass is 35.5. The van der Waals surface area contributed by atoms with Crippen LogP contribution in [0.2, 0.25) is 0 Å². The summed E-state index contributed by atoms with van der Waals surface area (Å²) in [4.78, 5) is 18.3. The van der Waals surface area contributed by atoms with Crippen LogP contribution < -0.4 is 27.3 Å². The van der Waals surface area contributed by atoms with Crippen molar-refractivity contribution in [3.05, 3.63) is 52.8 Å². The van der Waals surface area contributed by atoms with Crippen LogP contribution in [0.25, 0.3) is 10.2 Å². The van der Waals surface area contributed by atoms with Gasteiger partial charge in [-0.25, -0.2) is 0 Å². The third-order valence-corrected chi connectivity index (χ3v) is 5.35. The van der Waals surface area contributed by atoms with E-state index >= 15 is 0 Å². The van der Waals surface area contributed by atoms with E-state index in [1.165, 1.54) is 5.56 Å². The predicted octanol–water partition coefficient (Wildman–Crippen LogP) is 1.36. The monoisotopic (exact) mass is 418 g/mol. The molecule has 0 radical (unpaired) electrons. The van der Waals surface area contributed by atoms with Crippen molar-refractivity contribution in [3.63, 3.8) is 0 Å². The third kappa shape index (κ3) is 5.36. The summed E-state index contributed by atoms with van der Waals surface area (Å²) in [5.74, 6) is 0.691. The van der Waals surface area contributed by atoms with Gasteiger partial charge in [0.15, 0.2) is 4.80 Å². The van der Waals surface area contributed by atoms with Gasteiger partial charge in [-0.05, 0) is 55.3 Å². The molecule has 0 aliphatic carbocycles. The maximum Gasteiger partial charge on any atom is 0.244 e. The SMILES string of the molecule is CCCCN=c1sc2cc(C)ccc2n1CC(=O)Nc1ccc(OC)cc1.[Cl-]. The molecule has 0 fully saturated rings.